The molecule has 1 saturated heterocycles. The van der Waals surface area contributed by atoms with Gasteiger partial charge in [-0.2, -0.15) is 0 Å². The van der Waals surface area contributed by atoms with Crippen LogP contribution in [0.15, 0.2) is 19.6 Å². The lowest BCUT2D eigenvalue weighted by Gasteiger charge is -2.17. The van der Waals surface area contributed by atoms with Gasteiger partial charge < -0.3 is 19.2 Å². The first kappa shape index (κ1) is 13.5. The van der Waals surface area contributed by atoms with Gasteiger partial charge in [0.25, 0.3) is 0 Å². The molecule has 4 nitrogen and oxygen atoms in total. The molecule has 0 radical (unpaired) electrons. The molecular formula is C11H15Br2NO3. The predicted octanol–water partition coefficient (Wildman–Crippen LogP) is 3.05. The fourth-order valence-corrected chi connectivity index (χ4v) is 2.36. The van der Waals surface area contributed by atoms with Gasteiger partial charge in [0.15, 0.2) is 10.5 Å². The minimum atomic E-state index is -0.455. The molecule has 0 aromatic carbocycles. The first-order valence-corrected chi connectivity index (χ1v) is 7.01. The maximum atomic E-state index is 5.68. The molecular weight excluding hydrogens is 354 g/mol. The topological polar surface area (TPSA) is 43.6 Å². The Balaban J connectivity index is 1.73. The molecule has 0 bridgehead atoms. The number of hydrogen-bond acceptors (Lipinski definition) is 4. The Morgan fingerprint density at radius 3 is 2.76 bits per heavy atom. The Bertz CT molecular complexity index is 373. The van der Waals surface area contributed by atoms with E-state index in [1.807, 2.05) is 19.9 Å². The van der Waals surface area contributed by atoms with Crippen molar-refractivity contribution in [3.8, 4) is 0 Å². The first-order chi connectivity index (χ1) is 7.96. The van der Waals surface area contributed by atoms with E-state index < -0.39 is 5.79 Å². The van der Waals surface area contributed by atoms with Crippen LogP contribution in [0, 0.1) is 0 Å². The average molecular weight is 369 g/mol. The molecule has 1 aliphatic heterocycles. The summed E-state index contributed by atoms with van der Waals surface area (Å²) >= 11 is 6.68. The molecule has 0 spiro atoms. The monoisotopic (exact) mass is 367 g/mol. The van der Waals surface area contributed by atoms with E-state index in [1.165, 1.54) is 0 Å². The van der Waals surface area contributed by atoms with Crippen molar-refractivity contribution in [1.82, 2.24) is 5.32 Å². The van der Waals surface area contributed by atoms with E-state index in [1.54, 1.807) is 0 Å². The highest BCUT2D eigenvalue weighted by Crippen LogP contribution is 2.26. The largest absolute Gasteiger partial charge is 0.452 e. The lowest BCUT2D eigenvalue weighted by Crippen LogP contribution is -2.30. The third-order valence-corrected chi connectivity index (χ3v) is 4.14. The van der Waals surface area contributed by atoms with E-state index in [0.717, 1.165) is 21.4 Å². The number of rotatable bonds is 4. The first-order valence-electron chi connectivity index (χ1n) is 5.42. The van der Waals surface area contributed by atoms with E-state index in [9.17, 15) is 0 Å². The van der Waals surface area contributed by atoms with Gasteiger partial charge in [-0.15, -0.1) is 0 Å². The molecule has 1 N–H and O–H groups in total. The molecule has 1 aromatic rings. The average Bonchev–Trinajstić information content (AvgIpc) is 2.72. The van der Waals surface area contributed by atoms with Gasteiger partial charge in [0.2, 0.25) is 0 Å². The molecule has 0 saturated carbocycles. The molecule has 0 amide bonds. The SMILES string of the molecule is CC1(C)OCC(CNCc2cc(Br)c(Br)o2)O1. The van der Waals surface area contributed by atoms with Crippen LogP contribution in [0.5, 0.6) is 0 Å². The summed E-state index contributed by atoms with van der Waals surface area (Å²) in [4.78, 5) is 0. The number of halogens is 2. The lowest BCUT2D eigenvalue weighted by molar-refractivity contribution is -0.137. The number of nitrogens with one attached hydrogen (secondary N) is 1. The molecule has 2 heterocycles. The molecule has 6 heteroatoms. The van der Waals surface area contributed by atoms with E-state index >= 15 is 0 Å². The zero-order valence-corrected chi connectivity index (χ0v) is 12.9. The Hall–Kier alpha value is 0.120. The van der Waals surface area contributed by atoms with Gasteiger partial charge in [-0.05, 0) is 51.8 Å². The third kappa shape index (κ3) is 3.79. The Kier molecular flexibility index (Phi) is 4.31. The summed E-state index contributed by atoms with van der Waals surface area (Å²) in [6.45, 7) is 5.90. The van der Waals surface area contributed by atoms with Gasteiger partial charge in [0.1, 0.15) is 5.76 Å². The normalized spacial score (nSPS) is 23.2. The second kappa shape index (κ2) is 5.40. The number of hydrogen-bond donors (Lipinski definition) is 1. The summed E-state index contributed by atoms with van der Waals surface area (Å²) in [5.74, 6) is 0.422. The maximum absolute atomic E-state index is 5.68. The highest BCUT2D eigenvalue weighted by atomic mass is 79.9. The molecule has 1 aromatic heterocycles. The molecule has 1 fully saturated rings. The van der Waals surface area contributed by atoms with Crippen LogP contribution >= 0.6 is 31.9 Å². The highest BCUT2D eigenvalue weighted by Gasteiger charge is 2.32. The zero-order valence-electron chi connectivity index (χ0n) is 9.76. The number of ether oxygens (including phenoxy) is 2. The molecule has 0 aliphatic carbocycles. The second-order valence-corrected chi connectivity index (χ2v) is 5.99. The van der Waals surface area contributed by atoms with Crippen molar-refractivity contribution >= 4 is 31.9 Å². The van der Waals surface area contributed by atoms with Crippen molar-refractivity contribution in [1.29, 1.82) is 0 Å². The standard InChI is InChI=1S/C11H15Br2NO3/c1-11(2)15-6-8(17-11)5-14-4-7-3-9(12)10(13)16-7/h3,8,14H,4-6H2,1-2H3. The minimum absolute atomic E-state index is 0.104. The van der Waals surface area contributed by atoms with Crippen LogP contribution in [-0.4, -0.2) is 25.0 Å². The number of furan rings is 1. The fourth-order valence-electron chi connectivity index (χ4n) is 1.70. The van der Waals surface area contributed by atoms with Gasteiger partial charge in [-0.1, -0.05) is 0 Å². The van der Waals surface area contributed by atoms with Crippen LogP contribution in [0.1, 0.15) is 19.6 Å². The smallest absolute Gasteiger partial charge is 0.183 e. The van der Waals surface area contributed by atoms with E-state index in [2.05, 4.69) is 37.2 Å². The second-order valence-electron chi connectivity index (χ2n) is 4.42. The molecule has 1 unspecified atom stereocenters. The fraction of sp³-hybridized carbons (Fsp3) is 0.636. The van der Waals surface area contributed by atoms with Gasteiger partial charge >= 0.3 is 0 Å². The van der Waals surface area contributed by atoms with Gasteiger partial charge in [-0.3, -0.25) is 0 Å². The van der Waals surface area contributed by atoms with Crippen molar-refractivity contribution in [2.24, 2.45) is 0 Å². The van der Waals surface area contributed by atoms with E-state index in [-0.39, 0.29) is 6.10 Å². The Morgan fingerprint density at radius 1 is 1.47 bits per heavy atom. The summed E-state index contributed by atoms with van der Waals surface area (Å²) in [6, 6.07) is 1.94. The van der Waals surface area contributed by atoms with Gasteiger partial charge in [0.05, 0.1) is 23.7 Å². The lowest BCUT2D eigenvalue weighted by atomic mass is 10.3. The van der Waals surface area contributed by atoms with Crippen molar-refractivity contribution in [3.63, 3.8) is 0 Å². The van der Waals surface area contributed by atoms with Crippen LogP contribution < -0.4 is 5.32 Å². The molecule has 1 atom stereocenters. The van der Waals surface area contributed by atoms with Crippen LogP contribution in [-0.2, 0) is 16.0 Å². The van der Waals surface area contributed by atoms with E-state index in [4.69, 9.17) is 13.9 Å². The molecule has 1 aliphatic rings. The van der Waals surface area contributed by atoms with Gasteiger partial charge in [0, 0.05) is 6.54 Å². The van der Waals surface area contributed by atoms with Gasteiger partial charge in [-0.25, -0.2) is 0 Å². The summed E-state index contributed by atoms with van der Waals surface area (Å²) in [5, 5.41) is 3.28. The highest BCUT2D eigenvalue weighted by molar-refractivity contribution is 9.13. The minimum Gasteiger partial charge on any atom is -0.452 e. The Morgan fingerprint density at radius 2 is 2.24 bits per heavy atom. The maximum Gasteiger partial charge on any atom is 0.183 e. The van der Waals surface area contributed by atoms with Crippen LogP contribution in [0.2, 0.25) is 0 Å². The summed E-state index contributed by atoms with van der Waals surface area (Å²) < 4.78 is 18.3. The Labute approximate surface area is 117 Å². The third-order valence-electron chi connectivity index (χ3n) is 2.43. The van der Waals surface area contributed by atoms with Crippen molar-refractivity contribution in [2.75, 3.05) is 13.2 Å². The van der Waals surface area contributed by atoms with Crippen LogP contribution in [0.4, 0.5) is 0 Å². The summed E-state index contributed by atoms with van der Waals surface area (Å²) in [7, 11) is 0. The molecule has 96 valence electrons. The summed E-state index contributed by atoms with van der Waals surface area (Å²) in [5.41, 5.74) is 0. The van der Waals surface area contributed by atoms with Crippen LogP contribution in [0.3, 0.4) is 0 Å². The van der Waals surface area contributed by atoms with Crippen LogP contribution in [0.25, 0.3) is 0 Å². The predicted molar refractivity (Wildman–Crippen MR) is 70.7 cm³/mol. The molecule has 17 heavy (non-hydrogen) atoms. The molecule has 2 rings (SSSR count). The summed E-state index contributed by atoms with van der Waals surface area (Å²) in [6.07, 6.45) is 0.104. The van der Waals surface area contributed by atoms with Crippen molar-refractivity contribution in [2.45, 2.75) is 32.3 Å². The quantitative estimate of drug-likeness (QED) is 0.887. The van der Waals surface area contributed by atoms with Crippen molar-refractivity contribution in [3.05, 3.63) is 21.0 Å². The van der Waals surface area contributed by atoms with Crippen molar-refractivity contribution < 1.29 is 13.9 Å². The zero-order chi connectivity index (χ0) is 12.5. The van der Waals surface area contributed by atoms with E-state index in [0.29, 0.717) is 13.2 Å².